The van der Waals surface area contributed by atoms with Gasteiger partial charge in [0.25, 0.3) is 0 Å². The molecule has 0 atom stereocenters. The molecule has 0 spiro atoms. The summed E-state index contributed by atoms with van der Waals surface area (Å²) in [5.74, 6) is 2.37. The van der Waals surface area contributed by atoms with Crippen LogP contribution in [0.25, 0.3) is 0 Å². The van der Waals surface area contributed by atoms with Gasteiger partial charge in [-0.2, -0.15) is 8.42 Å². The van der Waals surface area contributed by atoms with Crippen molar-refractivity contribution < 1.29 is 8.42 Å². The van der Waals surface area contributed by atoms with Gasteiger partial charge in [-0.3, -0.25) is 0 Å². The van der Waals surface area contributed by atoms with Gasteiger partial charge >= 0.3 is 9.05 Å². The van der Waals surface area contributed by atoms with Crippen LogP contribution in [0.4, 0.5) is 0 Å². The number of rotatable bonds is 0. The SMILES string of the molecule is O=S(=O)(Cl)C#Cc1cccc(Cl)c1. The predicted octanol–water partition coefficient (Wildman–Crippen LogP) is 2.22. The predicted molar refractivity (Wildman–Crippen MR) is 53.1 cm³/mol. The zero-order valence-corrected chi connectivity index (χ0v) is 8.62. The maximum atomic E-state index is 10.4. The van der Waals surface area contributed by atoms with Crippen LogP contribution in [0.5, 0.6) is 0 Å². The third-order valence-electron chi connectivity index (χ3n) is 1.14. The van der Waals surface area contributed by atoms with Gasteiger partial charge in [0, 0.05) is 26.5 Å². The molecule has 68 valence electrons. The molecule has 1 aromatic rings. The number of halogens is 2. The minimum atomic E-state index is -3.77. The van der Waals surface area contributed by atoms with Gasteiger partial charge in [0.1, 0.15) is 0 Å². The molecule has 0 radical (unpaired) electrons. The van der Waals surface area contributed by atoms with Crippen LogP contribution in [0.3, 0.4) is 0 Å². The summed E-state index contributed by atoms with van der Waals surface area (Å²) in [6.45, 7) is 0. The average Bonchev–Trinajstić information content (AvgIpc) is 2.00. The first-order valence-electron chi connectivity index (χ1n) is 3.20. The van der Waals surface area contributed by atoms with Crippen LogP contribution >= 0.6 is 22.3 Å². The minimum Gasteiger partial charge on any atom is -0.198 e. The lowest BCUT2D eigenvalue weighted by atomic mass is 10.2. The van der Waals surface area contributed by atoms with E-state index in [1.54, 1.807) is 24.3 Å². The van der Waals surface area contributed by atoms with E-state index in [1.807, 2.05) is 5.25 Å². The van der Waals surface area contributed by atoms with Crippen LogP contribution < -0.4 is 0 Å². The molecular formula is C8H4Cl2O2S. The Balaban J connectivity index is 3.04. The highest BCUT2D eigenvalue weighted by molar-refractivity contribution is 8.17. The molecule has 0 N–H and O–H groups in total. The Bertz CT molecular complexity index is 468. The average molecular weight is 235 g/mol. The molecule has 0 aliphatic heterocycles. The van der Waals surface area contributed by atoms with Crippen molar-refractivity contribution in [1.29, 1.82) is 0 Å². The fourth-order valence-electron chi connectivity index (χ4n) is 0.686. The molecule has 13 heavy (non-hydrogen) atoms. The molecule has 0 fully saturated rings. The summed E-state index contributed by atoms with van der Waals surface area (Å²) in [6.07, 6.45) is 0. The second-order valence-corrected chi connectivity index (χ2v) is 4.91. The lowest BCUT2D eigenvalue weighted by Crippen LogP contribution is -1.81. The van der Waals surface area contributed by atoms with Gasteiger partial charge in [0.15, 0.2) is 0 Å². The van der Waals surface area contributed by atoms with Crippen molar-refractivity contribution in [2.45, 2.75) is 0 Å². The van der Waals surface area contributed by atoms with E-state index >= 15 is 0 Å². The number of benzene rings is 1. The topological polar surface area (TPSA) is 34.1 Å². The van der Waals surface area contributed by atoms with E-state index < -0.39 is 9.05 Å². The van der Waals surface area contributed by atoms with E-state index in [9.17, 15) is 8.42 Å². The fourth-order valence-corrected chi connectivity index (χ4v) is 1.23. The highest BCUT2D eigenvalue weighted by Crippen LogP contribution is 2.09. The molecule has 0 aliphatic carbocycles. The molecule has 0 saturated carbocycles. The monoisotopic (exact) mass is 234 g/mol. The smallest absolute Gasteiger partial charge is 0.198 e. The Hall–Kier alpha value is -0.690. The van der Waals surface area contributed by atoms with Gasteiger partial charge < -0.3 is 0 Å². The Morgan fingerprint density at radius 2 is 2.00 bits per heavy atom. The van der Waals surface area contributed by atoms with Crippen molar-refractivity contribution in [3.8, 4) is 11.2 Å². The molecule has 0 aromatic heterocycles. The Kier molecular flexibility index (Phi) is 3.21. The standard InChI is InChI=1S/C8H4Cl2O2S/c9-8-3-1-2-7(6-8)4-5-13(10,11)12/h1-3,6H. The normalized spacial score (nSPS) is 10.3. The highest BCUT2D eigenvalue weighted by Gasteiger charge is 1.95. The Morgan fingerprint density at radius 1 is 1.31 bits per heavy atom. The van der Waals surface area contributed by atoms with Gasteiger partial charge in [-0.1, -0.05) is 17.7 Å². The Labute approximate surface area is 85.9 Å². The second kappa shape index (κ2) is 4.01. The van der Waals surface area contributed by atoms with Crippen LogP contribution in [0.15, 0.2) is 24.3 Å². The van der Waals surface area contributed by atoms with E-state index in [4.69, 9.17) is 22.3 Å². The third kappa shape index (κ3) is 4.18. The first kappa shape index (κ1) is 10.4. The number of hydrogen-bond acceptors (Lipinski definition) is 2. The quantitative estimate of drug-likeness (QED) is 0.510. The van der Waals surface area contributed by atoms with Crippen LogP contribution in [-0.4, -0.2) is 8.42 Å². The summed E-state index contributed by atoms with van der Waals surface area (Å²) in [5, 5.41) is 2.39. The summed E-state index contributed by atoms with van der Waals surface area (Å²) < 4.78 is 20.9. The first-order valence-corrected chi connectivity index (χ1v) is 5.89. The van der Waals surface area contributed by atoms with E-state index in [2.05, 4.69) is 5.92 Å². The molecule has 0 aliphatic rings. The maximum Gasteiger partial charge on any atom is 0.301 e. The molecule has 2 nitrogen and oxygen atoms in total. The molecule has 0 heterocycles. The summed E-state index contributed by atoms with van der Waals surface area (Å²) in [7, 11) is 1.12. The van der Waals surface area contributed by atoms with Crippen LogP contribution in [0.2, 0.25) is 5.02 Å². The van der Waals surface area contributed by atoms with Crippen molar-refractivity contribution in [3.05, 3.63) is 34.9 Å². The zero-order chi connectivity index (χ0) is 9.90. The summed E-state index contributed by atoms with van der Waals surface area (Å²) in [4.78, 5) is 0. The van der Waals surface area contributed by atoms with Crippen LogP contribution in [0.1, 0.15) is 5.56 Å². The van der Waals surface area contributed by atoms with E-state index in [1.165, 1.54) is 0 Å². The van der Waals surface area contributed by atoms with Crippen molar-refractivity contribution in [2.24, 2.45) is 0 Å². The van der Waals surface area contributed by atoms with Crippen LogP contribution in [0, 0.1) is 11.2 Å². The van der Waals surface area contributed by atoms with Gasteiger partial charge in [0.05, 0.1) is 0 Å². The molecule has 0 bridgehead atoms. The van der Waals surface area contributed by atoms with Gasteiger partial charge in [0.2, 0.25) is 0 Å². The van der Waals surface area contributed by atoms with Gasteiger partial charge in [-0.05, 0) is 24.1 Å². The molecule has 1 rings (SSSR count). The third-order valence-corrected chi connectivity index (χ3v) is 1.95. The van der Waals surface area contributed by atoms with Crippen molar-refractivity contribution in [2.75, 3.05) is 0 Å². The molecular weight excluding hydrogens is 231 g/mol. The van der Waals surface area contributed by atoms with Crippen molar-refractivity contribution in [3.63, 3.8) is 0 Å². The number of hydrogen-bond donors (Lipinski definition) is 0. The second-order valence-electron chi connectivity index (χ2n) is 2.18. The molecule has 5 heteroatoms. The van der Waals surface area contributed by atoms with Gasteiger partial charge in [-0.25, -0.2) is 0 Å². The van der Waals surface area contributed by atoms with Gasteiger partial charge in [-0.15, -0.1) is 0 Å². The summed E-state index contributed by atoms with van der Waals surface area (Å²) in [6, 6.07) is 6.53. The lowest BCUT2D eigenvalue weighted by molar-refractivity contribution is 0.618. The van der Waals surface area contributed by atoms with E-state index in [-0.39, 0.29) is 0 Å². The zero-order valence-electron chi connectivity index (χ0n) is 6.29. The van der Waals surface area contributed by atoms with Crippen molar-refractivity contribution >= 4 is 31.3 Å². The maximum absolute atomic E-state index is 10.4. The molecule has 0 amide bonds. The highest BCUT2D eigenvalue weighted by atomic mass is 35.7. The molecule has 0 saturated heterocycles. The molecule has 0 unspecified atom stereocenters. The summed E-state index contributed by atoms with van der Waals surface area (Å²) >= 11 is 5.64. The molecule has 1 aromatic carbocycles. The van der Waals surface area contributed by atoms with Crippen molar-refractivity contribution in [1.82, 2.24) is 0 Å². The first-order chi connectivity index (χ1) is 5.97. The minimum absolute atomic E-state index is 0.499. The lowest BCUT2D eigenvalue weighted by Gasteiger charge is -1.89. The van der Waals surface area contributed by atoms with E-state index in [0.29, 0.717) is 10.6 Å². The summed E-state index contributed by atoms with van der Waals surface area (Å²) in [5.41, 5.74) is 0.511. The fraction of sp³-hybridized carbons (Fsp3) is 0. The van der Waals surface area contributed by atoms with E-state index in [0.717, 1.165) is 0 Å². The Morgan fingerprint density at radius 3 is 2.54 bits per heavy atom. The largest absolute Gasteiger partial charge is 0.301 e. The van der Waals surface area contributed by atoms with Crippen LogP contribution in [-0.2, 0) is 9.05 Å².